The molecule has 2 N–H and O–H groups in total. The van der Waals surface area contributed by atoms with Crippen molar-refractivity contribution in [3.63, 3.8) is 0 Å². The quantitative estimate of drug-likeness (QED) is 0.532. The number of benzene rings is 1. The highest BCUT2D eigenvalue weighted by molar-refractivity contribution is 7.91. The monoisotopic (exact) mass is 473 g/mol. The predicted molar refractivity (Wildman–Crippen MR) is 122 cm³/mol. The van der Waals surface area contributed by atoms with Gasteiger partial charge in [0.1, 0.15) is 23.5 Å². The maximum absolute atomic E-state index is 14.7. The average molecular weight is 474 g/mol. The van der Waals surface area contributed by atoms with Crippen molar-refractivity contribution >= 4 is 9.84 Å². The molecule has 176 valence electrons. The van der Waals surface area contributed by atoms with Crippen LogP contribution in [0, 0.1) is 11.7 Å². The normalized spacial score (nSPS) is 18.9. The molecule has 0 atom stereocenters. The van der Waals surface area contributed by atoms with Crippen molar-refractivity contribution in [2.24, 2.45) is 11.7 Å². The summed E-state index contributed by atoms with van der Waals surface area (Å²) in [4.78, 5) is 8.35. The third-order valence-electron chi connectivity index (χ3n) is 6.11. The first-order chi connectivity index (χ1) is 15.9. The van der Waals surface area contributed by atoms with E-state index < -0.39 is 15.7 Å². The lowest BCUT2D eigenvalue weighted by atomic mass is 9.85. The fourth-order valence-electron chi connectivity index (χ4n) is 4.06. The van der Waals surface area contributed by atoms with Crippen LogP contribution in [-0.4, -0.2) is 46.6 Å². The highest BCUT2D eigenvalue weighted by atomic mass is 32.2. The first kappa shape index (κ1) is 23.3. The van der Waals surface area contributed by atoms with Crippen LogP contribution in [0.4, 0.5) is 4.39 Å². The maximum atomic E-state index is 14.7. The molecule has 3 aromatic rings. The van der Waals surface area contributed by atoms with Crippen LogP contribution in [-0.2, 0) is 9.84 Å². The molecule has 0 aliphatic heterocycles. The molecule has 1 aromatic carbocycles. The van der Waals surface area contributed by atoms with Crippen LogP contribution in [0.5, 0.6) is 5.75 Å². The van der Waals surface area contributed by atoms with Crippen molar-refractivity contribution in [2.45, 2.75) is 50.0 Å². The van der Waals surface area contributed by atoms with E-state index in [0.717, 1.165) is 38.2 Å². The van der Waals surface area contributed by atoms with Crippen LogP contribution in [0.2, 0.25) is 0 Å². The van der Waals surface area contributed by atoms with E-state index in [1.165, 1.54) is 30.1 Å². The average Bonchev–Trinajstić information content (AvgIpc) is 3.30. The molecule has 0 saturated heterocycles. The smallest absolute Gasteiger partial charge is 0.178 e. The zero-order valence-corrected chi connectivity index (χ0v) is 19.3. The summed E-state index contributed by atoms with van der Waals surface area (Å²) in [6.07, 6.45) is 11.5. The van der Waals surface area contributed by atoms with Gasteiger partial charge < -0.3 is 10.5 Å². The van der Waals surface area contributed by atoms with E-state index in [-0.39, 0.29) is 16.3 Å². The summed E-state index contributed by atoms with van der Waals surface area (Å²) in [5, 5.41) is 4.24. The fourth-order valence-corrected chi connectivity index (χ4v) is 4.95. The van der Waals surface area contributed by atoms with E-state index >= 15 is 0 Å². The number of rotatable bonds is 8. The summed E-state index contributed by atoms with van der Waals surface area (Å²) < 4.78 is 46.0. The molecule has 1 fully saturated rings. The summed E-state index contributed by atoms with van der Waals surface area (Å²) in [7, 11) is -3.49. The van der Waals surface area contributed by atoms with E-state index in [1.54, 1.807) is 18.6 Å². The van der Waals surface area contributed by atoms with Crippen LogP contribution in [0.15, 0.2) is 48.0 Å². The van der Waals surface area contributed by atoms with Gasteiger partial charge in [-0.2, -0.15) is 5.10 Å². The Morgan fingerprint density at radius 2 is 2.00 bits per heavy atom. The van der Waals surface area contributed by atoms with E-state index in [4.69, 9.17) is 10.5 Å². The Morgan fingerprint density at radius 3 is 2.73 bits per heavy atom. The van der Waals surface area contributed by atoms with Crippen molar-refractivity contribution in [3.8, 4) is 22.7 Å². The topological polar surface area (TPSA) is 113 Å². The number of ether oxygens (including phenoxy) is 1. The van der Waals surface area contributed by atoms with Crippen molar-refractivity contribution in [1.82, 2.24) is 19.7 Å². The maximum Gasteiger partial charge on any atom is 0.178 e. The zero-order chi connectivity index (χ0) is 23.4. The molecule has 8 nitrogen and oxygen atoms in total. The molecule has 0 amide bonds. The standard InChI is InChI=1S/C23H28FN5O3S/c1-2-33(30,31)19-7-8-21(20(24)11-19)29-14-17(12-28-29)23-22(13-26-15-27-23)32-10-9-16-3-5-18(25)6-4-16/h7-8,11-16,18H,2-6,9-10,25H2,1H3. The molecule has 0 unspecified atom stereocenters. The zero-order valence-electron chi connectivity index (χ0n) is 18.5. The molecule has 1 aliphatic carbocycles. The van der Waals surface area contributed by atoms with Gasteiger partial charge >= 0.3 is 0 Å². The van der Waals surface area contributed by atoms with Gasteiger partial charge in [0.15, 0.2) is 15.6 Å². The Labute approximate surface area is 192 Å². The van der Waals surface area contributed by atoms with Crippen LogP contribution < -0.4 is 10.5 Å². The molecule has 4 rings (SSSR count). The number of nitrogens with zero attached hydrogens (tertiary/aromatic N) is 4. The first-order valence-electron chi connectivity index (χ1n) is 11.1. The minimum atomic E-state index is -3.49. The van der Waals surface area contributed by atoms with Gasteiger partial charge in [-0.25, -0.2) is 27.5 Å². The highest BCUT2D eigenvalue weighted by Crippen LogP contribution is 2.30. The molecule has 1 saturated carbocycles. The molecular weight excluding hydrogens is 445 g/mol. The summed E-state index contributed by atoms with van der Waals surface area (Å²) in [6, 6.07) is 4.13. The van der Waals surface area contributed by atoms with Crippen molar-refractivity contribution in [2.75, 3.05) is 12.4 Å². The van der Waals surface area contributed by atoms with Crippen LogP contribution in [0.3, 0.4) is 0 Å². The second-order valence-corrected chi connectivity index (χ2v) is 10.6. The van der Waals surface area contributed by atoms with Gasteiger partial charge in [-0.3, -0.25) is 0 Å². The lowest BCUT2D eigenvalue weighted by molar-refractivity contribution is 0.237. The van der Waals surface area contributed by atoms with Crippen molar-refractivity contribution in [3.05, 3.63) is 48.9 Å². The molecular formula is C23H28FN5O3S. The summed E-state index contributed by atoms with van der Waals surface area (Å²) in [5.74, 6) is 0.380. The van der Waals surface area contributed by atoms with Crippen LogP contribution >= 0.6 is 0 Å². The van der Waals surface area contributed by atoms with E-state index in [9.17, 15) is 12.8 Å². The minimum Gasteiger partial charge on any atom is -0.490 e. The predicted octanol–water partition coefficient (Wildman–Crippen LogP) is 3.55. The van der Waals surface area contributed by atoms with Gasteiger partial charge in [0.25, 0.3) is 0 Å². The van der Waals surface area contributed by atoms with Crippen molar-refractivity contribution in [1.29, 1.82) is 0 Å². The van der Waals surface area contributed by atoms with E-state index in [1.807, 2.05) is 0 Å². The van der Waals surface area contributed by atoms with Crippen LogP contribution in [0.25, 0.3) is 16.9 Å². The molecule has 1 aliphatic rings. The summed E-state index contributed by atoms with van der Waals surface area (Å²) in [6.45, 7) is 2.07. The lowest BCUT2D eigenvalue weighted by Gasteiger charge is -2.25. The number of hydrogen-bond acceptors (Lipinski definition) is 7. The van der Waals surface area contributed by atoms with E-state index in [2.05, 4.69) is 15.1 Å². The third-order valence-corrected chi connectivity index (χ3v) is 7.85. The number of hydrogen-bond donors (Lipinski definition) is 1. The highest BCUT2D eigenvalue weighted by Gasteiger charge is 2.20. The summed E-state index contributed by atoms with van der Waals surface area (Å²) >= 11 is 0. The molecule has 0 bridgehead atoms. The van der Waals surface area contributed by atoms with Gasteiger partial charge in [-0.15, -0.1) is 0 Å². The van der Waals surface area contributed by atoms with Crippen molar-refractivity contribution < 1.29 is 17.5 Å². The SMILES string of the molecule is CCS(=O)(=O)c1ccc(-n2cc(-c3ncncc3OCCC3CCC(N)CC3)cn2)c(F)c1. The second-order valence-electron chi connectivity index (χ2n) is 8.34. The lowest BCUT2D eigenvalue weighted by Crippen LogP contribution is -2.27. The Morgan fingerprint density at radius 1 is 1.21 bits per heavy atom. The summed E-state index contributed by atoms with van der Waals surface area (Å²) in [5.41, 5.74) is 7.33. The van der Waals surface area contributed by atoms with Gasteiger partial charge in [-0.05, 0) is 56.2 Å². The van der Waals surface area contributed by atoms with Gasteiger partial charge in [0, 0.05) is 17.8 Å². The molecule has 2 heterocycles. The van der Waals surface area contributed by atoms with Gasteiger partial charge in [-0.1, -0.05) is 6.92 Å². The fraction of sp³-hybridized carbons (Fsp3) is 0.435. The number of nitrogens with two attached hydrogens (primary N) is 1. The first-order valence-corrected chi connectivity index (χ1v) is 12.8. The number of aromatic nitrogens is 4. The third kappa shape index (κ3) is 5.39. The Hall–Kier alpha value is -2.85. The Balaban J connectivity index is 1.49. The minimum absolute atomic E-state index is 0.0509. The Kier molecular flexibility index (Phi) is 7.04. The number of halogens is 1. The molecule has 10 heteroatoms. The molecule has 2 aromatic heterocycles. The van der Waals surface area contributed by atoms with E-state index in [0.29, 0.717) is 35.6 Å². The van der Waals surface area contributed by atoms with Crippen LogP contribution in [0.1, 0.15) is 39.0 Å². The molecule has 33 heavy (non-hydrogen) atoms. The molecule has 0 spiro atoms. The Bertz CT molecular complexity index is 1210. The largest absolute Gasteiger partial charge is 0.490 e. The van der Waals surface area contributed by atoms with Gasteiger partial charge in [0.2, 0.25) is 0 Å². The van der Waals surface area contributed by atoms with Gasteiger partial charge in [0.05, 0.1) is 29.6 Å². The second kappa shape index (κ2) is 9.96. The molecule has 0 radical (unpaired) electrons. The number of sulfone groups is 1.